The molecule has 0 amide bonds. The summed E-state index contributed by atoms with van der Waals surface area (Å²) in [5.74, 6) is -1.94. The van der Waals surface area contributed by atoms with Crippen molar-refractivity contribution in [2.45, 2.75) is 67.6 Å². The van der Waals surface area contributed by atoms with Gasteiger partial charge < -0.3 is 18.9 Å². The van der Waals surface area contributed by atoms with Crippen molar-refractivity contribution in [3.05, 3.63) is 108 Å². The topological polar surface area (TPSA) is 71.1 Å². The van der Waals surface area contributed by atoms with Crippen LogP contribution in [-0.2, 0) is 21.8 Å². The van der Waals surface area contributed by atoms with Gasteiger partial charge in [0.05, 0.1) is 11.1 Å². The molecule has 3 rings (SSSR count). The van der Waals surface area contributed by atoms with Crippen molar-refractivity contribution < 1.29 is 46.1 Å². The molecule has 44 heavy (non-hydrogen) atoms. The predicted molar refractivity (Wildman–Crippen MR) is 163 cm³/mol. The van der Waals surface area contributed by atoms with Gasteiger partial charge in [-0.3, -0.25) is 0 Å². The minimum Gasteiger partial charge on any atom is -0.429 e. The lowest BCUT2D eigenvalue weighted by Gasteiger charge is -2.20. The molecule has 0 aliphatic heterocycles. The summed E-state index contributed by atoms with van der Waals surface area (Å²) in [5.41, 5.74) is -0.770. The Bertz CT molecular complexity index is 1230. The first-order chi connectivity index (χ1) is 20.8. The summed E-state index contributed by atoms with van der Waals surface area (Å²) in [6.07, 6.45) is -7.56. The SMILES string of the molecule is C=C(C)C(=O)Oc1ccc(C(F)(F)Oc2ccc(OC(F)(F)c3ccc(OC(=O)C(=C)C)cc3)cc2)cc1.CC.CC.CC. The summed E-state index contributed by atoms with van der Waals surface area (Å²) in [6, 6.07) is 12.9. The van der Waals surface area contributed by atoms with E-state index in [9.17, 15) is 27.2 Å². The van der Waals surface area contributed by atoms with Gasteiger partial charge >= 0.3 is 24.2 Å². The van der Waals surface area contributed by atoms with E-state index in [1.54, 1.807) is 0 Å². The lowest BCUT2D eigenvalue weighted by molar-refractivity contribution is -0.188. The number of esters is 2. The maximum Gasteiger partial charge on any atom is 0.426 e. The molecule has 0 saturated carbocycles. The molecule has 0 radical (unpaired) electrons. The van der Waals surface area contributed by atoms with Crippen molar-refractivity contribution in [2.24, 2.45) is 0 Å². The van der Waals surface area contributed by atoms with Crippen molar-refractivity contribution in [3.8, 4) is 23.0 Å². The number of carbonyl (C=O) groups excluding carboxylic acids is 2. The first-order valence-electron chi connectivity index (χ1n) is 14.0. The van der Waals surface area contributed by atoms with Crippen LogP contribution in [0.2, 0.25) is 0 Å². The number of alkyl halides is 4. The van der Waals surface area contributed by atoms with Crippen LogP contribution in [-0.4, -0.2) is 11.9 Å². The van der Waals surface area contributed by atoms with Crippen LogP contribution in [0.5, 0.6) is 23.0 Å². The van der Waals surface area contributed by atoms with Crippen molar-refractivity contribution in [2.75, 3.05) is 0 Å². The summed E-state index contributed by atoms with van der Waals surface area (Å²) in [5, 5.41) is 0. The number of hydrogen-bond donors (Lipinski definition) is 0. The monoisotopic (exact) mass is 620 g/mol. The van der Waals surface area contributed by atoms with Crippen molar-refractivity contribution in [3.63, 3.8) is 0 Å². The number of halogens is 4. The molecule has 3 aromatic rings. The van der Waals surface area contributed by atoms with Crippen molar-refractivity contribution in [1.29, 1.82) is 0 Å². The molecular formula is C34H40F4O6. The molecule has 0 N–H and O–H groups in total. The molecular weight excluding hydrogens is 580 g/mol. The first kappa shape index (κ1) is 39.4. The molecule has 0 spiro atoms. The molecule has 6 nitrogen and oxygen atoms in total. The second-order valence-electron chi connectivity index (χ2n) is 8.10. The average molecular weight is 621 g/mol. The third kappa shape index (κ3) is 12.3. The molecule has 0 bridgehead atoms. The standard InChI is InChI=1S/C28H22F4O6.3C2H6/c1-17(2)25(33)35-21-9-5-19(6-10-21)27(29,30)37-23-13-15-24(16-14-23)38-28(31,32)20-7-11-22(12-8-20)36-26(34)18(3)4;3*1-2/h5-16H,1,3H2,2,4H3;3*1-2H3. The fraction of sp³-hybridized carbons (Fsp3) is 0.294. The molecule has 240 valence electrons. The smallest absolute Gasteiger partial charge is 0.426 e. The average Bonchev–Trinajstić information content (AvgIpc) is 3.01. The normalized spacial score (nSPS) is 10.2. The van der Waals surface area contributed by atoms with Crippen LogP contribution in [0.25, 0.3) is 0 Å². The Morgan fingerprint density at radius 2 is 0.727 bits per heavy atom. The molecule has 0 heterocycles. The summed E-state index contributed by atoms with van der Waals surface area (Å²) < 4.78 is 77.7. The van der Waals surface area contributed by atoms with Crippen LogP contribution in [0, 0.1) is 0 Å². The van der Waals surface area contributed by atoms with Crippen LogP contribution < -0.4 is 18.9 Å². The largest absolute Gasteiger partial charge is 0.429 e. The van der Waals surface area contributed by atoms with E-state index >= 15 is 0 Å². The lowest BCUT2D eigenvalue weighted by Crippen LogP contribution is -2.22. The fourth-order valence-electron chi connectivity index (χ4n) is 2.81. The Kier molecular flexibility index (Phi) is 16.9. The Balaban J connectivity index is 0.00000290. The number of carbonyl (C=O) groups is 2. The maximum absolute atomic E-state index is 14.6. The van der Waals surface area contributed by atoms with Gasteiger partial charge in [-0.15, -0.1) is 0 Å². The quantitative estimate of drug-likeness (QED) is 0.0972. The number of rotatable bonds is 10. The molecule has 0 atom stereocenters. The molecule has 0 aliphatic carbocycles. The second kappa shape index (κ2) is 18.8. The van der Waals surface area contributed by atoms with E-state index in [0.29, 0.717) is 0 Å². The van der Waals surface area contributed by atoms with Crippen LogP contribution in [0.3, 0.4) is 0 Å². The summed E-state index contributed by atoms with van der Waals surface area (Å²) in [4.78, 5) is 23.1. The molecule has 10 heteroatoms. The van der Waals surface area contributed by atoms with Gasteiger partial charge in [0.2, 0.25) is 0 Å². The summed E-state index contributed by atoms with van der Waals surface area (Å²) in [7, 11) is 0. The lowest BCUT2D eigenvalue weighted by atomic mass is 10.2. The van der Waals surface area contributed by atoms with Gasteiger partial charge in [-0.25, -0.2) is 9.59 Å². The van der Waals surface area contributed by atoms with E-state index in [0.717, 1.165) is 48.5 Å². The number of benzene rings is 3. The Hall–Kier alpha value is -4.60. The van der Waals surface area contributed by atoms with Gasteiger partial charge in [0.25, 0.3) is 0 Å². The van der Waals surface area contributed by atoms with Gasteiger partial charge in [-0.2, -0.15) is 17.6 Å². The predicted octanol–water partition coefficient (Wildman–Crippen LogP) is 9.98. The van der Waals surface area contributed by atoms with E-state index < -0.39 is 35.3 Å². The Labute approximate surface area is 256 Å². The fourth-order valence-corrected chi connectivity index (χ4v) is 2.81. The van der Waals surface area contributed by atoms with E-state index in [2.05, 4.69) is 13.2 Å². The van der Waals surface area contributed by atoms with Crippen LogP contribution in [0.1, 0.15) is 66.5 Å². The highest BCUT2D eigenvalue weighted by Crippen LogP contribution is 2.36. The van der Waals surface area contributed by atoms with Crippen molar-refractivity contribution in [1.82, 2.24) is 0 Å². The van der Waals surface area contributed by atoms with Gasteiger partial charge in [-0.1, -0.05) is 54.7 Å². The first-order valence-corrected chi connectivity index (χ1v) is 14.0. The second-order valence-corrected chi connectivity index (χ2v) is 8.10. The zero-order valence-corrected chi connectivity index (χ0v) is 26.3. The van der Waals surface area contributed by atoms with Gasteiger partial charge in [0.15, 0.2) is 0 Å². The minimum absolute atomic E-state index is 0.0440. The van der Waals surface area contributed by atoms with Crippen LogP contribution >= 0.6 is 0 Å². The zero-order chi connectivity index (χ0) is 34.1. The van der Waals surface area contributed by atoms with Crippen molar-refractivity contribution >= 4 is 11.9 Å². The molecule has 0 unspecified atom stereocenters. The Morgan fingerprint density at radius 3 is 0.955 bits per heavy atom. The van der Waals surface area contributed by atoms with Crippen LogP contribution in [0.15, 0.2) is 97.1 Å². The van der Waals surface area contributed by atoms with E-state index in [1.807, 2.05) is 41.5 Å². The molecule has 0 fully saturated rings. The van der Waals surface area contributed by atoms with E-state index in [4.69, 9.17) is 18.9 Å². The zero-order valence-electron chi connectivity index (χ0n) is 26.3. The van der Waals surface area contributed by atoms with E-state index in [-0.39, 0.29) is 34.1 Å². The van der Waals surface area contributed by atoms with E-state index in [1.165, 1.54) is 38.1 Å². The molecule has 0 saturated heterocycles. The maximum atomic E-state index is 14.6. The third-order valence-corrected chi connectivity index (χ3v) is 4.81. The molecule has 3 aromatic carbocycles. The highest BCUT2D eigenvalue weighted by atomic mass is 19.3. The third-order valence-electron chi connectivity index (χ3n) is 4.81. The summed E-state index contributed by atoms with van der Waals surface area (Å²) in [6.45, 7) is 21.7. The number of hydrogen-bond acceptors (Lipinski definition) is 6. The minimum atomic E-state index is -3.78. The van der Waals surface area contributed by atoms with Crippen LogP contribution in [0.4, 0.5) is 17.6 Å². The van der Waals surface area contributed by atoms with Gasteiger partial charge in [0, 0.05) is 11.1 Å². The molecule has 0 aromatic heterocycles. The summed E-state index contributed by atoms with van der Waals surface area (Å²) >= 11 is 0. The number of ether oxygens (including phenoxy) is 4. The molecule has 0 aliphatic rings. The van der Waals surface area contributed by atoms with Gasteiger partial charge in [0.1, 0.15) is 23.0 Å². The highest BCUT2D eigenvalue weighted by Gasteiger charge is 2.36. The Morgan fingerprint density at radius 1 is 0.500 bits per heavy atom. The van der Waals surface area contributed by atoms with Gasteiger partial charge in [-0.05, 0) is 86.6 Å². The highest BCUT2D eigenvalue weighted by molar-refractivity contribution is 5.89.